The van der Waals surface area contributed by atoms with Gasteiger partial charge in [0, 0.05) is 26.1 Å². The SMILES string of the molecule is O=C(NCCN1CCCCC1=O)c1ccccc1F. The summed E-state index contributed by atoms with van der Waals surface area (Å²) in [5.74, 6) is -0.844. The molecule has 1 aromatic carbocycles. The summed E-state index contributed by atoms with van der Waals surface area (Å²) in [5.41, 5.74) is 0.0347. The Hall–Kier alpha value is -1.91. The van der Waals surface area contributed by atoms with Crippen molar-refractivity contribution in [2.24, 2.45) is 0 Å². The first-order valence-electron chi connectivity index (χ1n) is 6.49. The van der Waals surface area contributed by atoms with E-state index in [1.54, 1.807) is 17.0 Å². The summed E-state index contributed by atoms with van der Waals surface area (Å²) < 4.78 is 13.4. The first-order chi connectivity index (χ1) is 9.18. The third-order valence-electron chi connectivity index (χ3n) is 3.21. The topological polar surface area (TPSA) is 49.4 Å². The monoisotopic (exact) mass is 264 g/mol. The first kappa shape index (κ1) is 13.5. The van der Waals surface area contributed by atoms with Gasteiger partial charge >= 0.3 is 0 Å². The van der Waals surface area contributed by atoms with E-state index in [0.717, 1.165) is 19.4 Å². The molecule has 1 fully saturated rings. The van der Waals surface area contributed by atoms with Crippen LogP contribution in [0.15, 0.2) is 24.3 Å². The molecule has 5 heteroatoms. The summed E-state index contributed by atoms with van der Waals surface area (Å²) in [6.45, 7) is 1.58. The van der Waals surface area contributed by atoms with Crippen LogP contribution in [0.2, 0.25) is 0 Å². The Morgan fingerprint density at radius 1 is 1.32 bits per heavy atom. The van der Waals surface area contributed by atoms with Crippen LogP contribution in [0.1, 0.15) is 29.6 Å². The standard InChI is InChI=1S/C14H17FN2O2/c15-12-6-2-1-5-11(12)14(19)16-8-10-17-9-4-3-7-13(17)18/h1-2,5-6H,3-4,7-10H2,(H,16,19). The number of nitrogens with one attached hydrogen (secondary N) is 1. The molecule has 0 aromatic heterocycles. The number of hydrogen-bond acceptors (Lipinski definition) is 2. The minimum atomic E-state index is -0.533. The van der Waals surface area contributed by atoms with Crippen LogP contribution in [0, 0.1) is 5.82 Å². The zero-order valence-corrected chi connectivity index (χ0v) is 10.7. The van der Waals surface area contributed by atoms with Gasteiger partial charge < -0.3 is 10.2 Å². The highest BCUT2D eigenvalue weighted by molar-refractivity contribution is 5.94. The summed E-state index contributed by atoms with van der Waals surface area (Å²) in [6, 6.07) is 5.85. The number of benzene rings is 1. The molecule has 0 unspecified atom stereocenters. The van der Waals surface area contributed by atoms with Gasteiger partial charge in [0.15, 0.2) is 0 Å². The summed E-state index contributed by atoms with van der Waals surface area (Å²) >= 11 is 0. The van der Waals surface area contributed by atoms with E-state index in [1.165, 1.54) is 12.1 Å². The second-order valence-corrected chi connectivity index (χ2v) is 4.57. The highest BCUT2D eigenvalue weighted by atomic mass is 19.1. The molecule has 1 aliphatic heterocycles. The van der Waals surface area contributed by atoms with Crippen LogP contribution in [0.5, 0.6) is 0 Å². The minimum Gasteiger partial charge on any atom is -0.350 e. The molecule has 2 amide bonds. The lowest BCUT2D eigenvalue weighted by atomic mass is 10.1. The van der Waals surface area contributed by atoms with Crippen molar-refractivity contribution >= 4 is 11.8 Å². The van der Waals surface area contributed by atoms with Crippen molar-refractivity contribution < 1.29 is 14.0 Å². The van der Waals surface area contributed by atoms with Gasteiger partial charge in [0.2, 0.25) is 5.91 Å². The molecule has 2 rings (SSSR count). The first-order valence-corrected chi connectivity index (χ1v) is 6.49. The van der Waals surface area contributed by atoms with Crippen LogP contribution in [0.4, 0.5) is 4.39 Å². The molecule has 0 radical (unpaired) electrons. The van der Waals surface area contributed by atoms with Gasteiger partial charge in [-0.3, -0.25) is 9.59 Å². The Kier molecular flexibility index (Phi) is 4.49. The van der Waals surface area contributed by atoms with E-state index in [2.05, 4.69) is 5.32 Å². The number of carbonyl (C=O) groups excluding carboxylic acids is 2. The normalized spacial score (nSPS) is 15.4. The van der Waals surface area contributed by atoms with Crippen molar-refractivity contribution in [1.29, 1.82) is 0 Å². The van der Waals surface area contributed by atoms with Gasteiger partial charge in [-0.25, -0.2) is 4.39 Å². The van der Waals surface area contributed by atoms with Crippen LogP contribution in [-0.2, 0) is 4.79 Å². The van der Waals surface area contributed by atoms with E-state index >= 15 is 0 Å². The van der Waals surface area contributed by atoms with Crippen molar-refractivity contribution in [3.05, 3.63) is 35.6 Å². The van der Waals surface area contributed by atoms with Crippen molar-refractivity contribution in [3.8, 4) is 0 Å². The van der Waals surface area contributed by atoms with Crippen LogP contribution >= 0.6 is 0 Å². The van der Waals surface area contributed by atoms with E-state index in [0.29, 0.717) is 19.5 Å². The van der Waals surface area contributed by atoms with Crippen LogP contribution in [0.3, 0.4) is 0 Å². The molecule has 1 N–H and O–H groups in total. The molecule has 1 aromatic rings. The van der Waals surface area contributed by atoms with E-state index < -0.39 is 11.7 Å². The van der Waals surface area contributed by atoms with Gasteiger partial charge in [0.05, 0.1) is 5.56 Å². The Morgan fingerprint density at radius 3 is 2.84 bits per heavy atom. The Morgan fingerprint density at radius 2 is 2.11 bits per heavy atom. The van der Waals surface area contributed by atoms with E-state index in [1.807, 2.05) is 0 Å². The fraction of sp³-hybridized carbons (Fsp3) is 0.429. The molecule has 1 heterocycles. The zero-order valence-electron chi connectivity index (χ0n) is 10.7. The third-order valence-corrected chi connectivity index (χ3v) is 3.21. The number of halogens is 1. The second kappa shape index (κ2) is 6.31. The lowest BCUT2D eigenvalue weighted by Crippen LogP contribution is -2.41. The molecule has 0 bridgehead atoms. The fourth-order valence-corrected chi connectivity index (χ4v) is 2.14. The lowest BCUT2D eigenvalue weighted by Gasteiger charge is -2.26. The summed E-state index contributed by atoms with van der Waals surface area (Å²) in [7, 11) is 0. The molecule has 19 heavy (non-hydrogen) atoms. The van der Waals surface area contributed by atoms with Gasteiger partial charge in [-0.05, 0) is 25.0 Å². The van der Waals surface area contributed by atoms with Gasteiger partial charge in [-0.1, -0.05) is 12.1 Å². The van der Waals surface area contributed by atoms with Gasteiger partial charge in [-0.2, -0.15) is 0 Å². The molecule has 0 spiro atoms. The average Bonchev–Trinajstić information content (AvgIpc) is 2.41. The number of amides is 2. The van der Waals surface area contributed by atoms with Gasteiger partial charge in [-0.15, -0.1) is 0 Å². The van der Waals surface area contributed by atoms with Crippen molar-refractivity contribution in [2.45, 2.75) is 19.3 Å². The second-order valence-electron chi connectivity index (χ2n) is 4.57. The maximum Gasteiger partial charge on any atom is 0.254 e. The quantitative estimate of drug-likeness (QED) is 0.897. The predicted octanol–water partition coefficient (Wildman–Crippen LogP) is 1.57. The number of carbonyl (C=O) groups is 2. The van der Waals surface area contributed by atoms with Gasteiger partial charge in [0.25, 0.3) is 5.91 Å². The number of nitrogens with zero attached hydrogens (tertiary/aromatic N) is 1. The number of hydrogen-bond donors (Lipinski definition) is 1. The molecule has 1 aliphatic rings. The van der Waals surface area contributed by atoms with Crippen LogP contribution in [-0.4, -0.2) is 36.3 Å². The molecule has 0 atom stereocenters. The van der Waals surface area contributed by atoms with Crippen molar-refractivity contribution in [1.82, 2.24) is 10.2 Å². The van der Waals surface area contributed by atoms with E-state index in [-0.39, 0.29) is 11.5 Å². The number of likely N-dealkylation sites (tertiary alicyclic amines) is 1. The maximum absolute atomic E-state index is 13.4. The molecule has 102 valence electrons. The van der Waals surface area contributed by atoms with Crippen LogP contribution < -0.4 is 5.32 Å². The molecule has 0 saturated carbocycles. The predicted molar refractivity (Wildman–Crippen MR) is 69.2 cm³/mol. The van der Waals surface area contributed by atoms with Gasteiger partial charge in [0.1, 0.15) is 5.82 Å². The van der Waals surface area contributed by atoms with Crippen LogP contribution in [0.25, 0.3) is 0 Å². The fourth-order valence-electron chi connectivity index (χ4n) is 2.14. The summed E-state index contributed by atoms with van der Waals surface area (Å²) in [5, 5.41) is 2.63. The highest BCUT2D eigenvalue weighted by Gasteiger charge is 2.17. The van der Waals surface area contributed by atoms with Crippen molar-refractivity contribution in [2.75, 3.05) is 19.6 Å². The third kappa shape index (κ3) is 3.53. The lowest BCUT2D eigenvalue weighted by molar-refractivity contribution is -0.133. The summed E-state index contributed by atoms with van der Waals surface area (Å²) in [4.78, 5) is 25.0. The molecular weight excluding hydrogens is 247 g/mol. The number of piperidine rings is 1. The molecular formula is C14H17FN2O2. The molecule has 0 aliphatic carbocycles. The zero-order chi connectivity index (χ0) is 13.7. The maximum atomic E-state index is 13.4. The van der Waals surface area contributed by atoms with E-state index in [4.69, 9.17) is 0 Å². The van der Waals surface area contributed by atoms with E-state index in [9.17, 15) is 14.0 Å². The number of rotatable bonds is 4. The molecule has 4 nitrogen and oxygen atoms in total. The summed E-state index contributed by atoms with van der Waals surface area (Å²) in [6.07, 6.45) is 2.53. The molecule has 1 saturated heterocycles. The minimum absolute atomic E-state index is 0.0347. The largest absolute Gasteiger partial charge is 0.350 e. The average molecular weight is 264 g/mol. The Labute approximate surface area is 111 Å². The smallest absolute Gasteiger partial charge is 0.254 e. The highest BCUT2D eigenvalue weighted by Crippen LogP contribution is 2.09. The van der Waals surface area contributed by atoms with Crippen molar-refractivity contribution in [3.63, 3.8) is 0 Å². The Bertz CT molecular complexity index is 476. The Balaban J connectivity index is 1.81.